The van der Waals surface area contributed by atoms with E-state index in [1.54, 1.807) is 6.07 Å². The number of allylic oxidation sites excluding steroid dienone is 2. The van der Waals surface area contributed by atoms with Crippen LogP contribution >= 0.6 is 0 Å². The van der Waals surface area contributed by atoms with Gasteiger partial charge < -0.3 is 0 Å². The molecule has 1 nitrogen and oxygen atoms in total. The Morgan fingerprint density at radius 1 is 1.58 bits per heavy atom. The Morgan fingerprint density at radius 2 is 2.33 bits per heavy atom. The molecular weight excluding hydrogens is 160 g/mol. The Kier molecular flexibility index (Phi) is 2.69. The molecule has 0 spiro atoms. The van der Waals surface area contributed by atoms with Gasteiger partial charge in [-0.15, -0.1) is 0 Å². The van der Waals surface area contributed by atoms with Crippen molar-refractivity contribution >= 4 is 5.57 Å². The highest BCUT2D eigenvalue weighted by atomic mass is 19.3. The molecule has 0 amide bonds. The van der Waals surface area contributed by atoms with Crippen molar-refractivity contribution in [2.24, 2.45) is 0 Å². The molecule has 3 heteroatoms. The van der Waals surface area contributed by atoms with Gasteiger partial charge in [0.05, 0.1) is 0 Å². The molecule has 0 bridgehead atoms. The lowest BCUT2D eigenvalue weighted by Crippen LogP contribution is -1.79. The molecule has 1 heterocycles. The first-order chi connectivity index (χ1) is 5.70. The van der Waals surface area contributed by atoms with Gasteiger partial charge in [0.15, 0.2) is 0 Å². The Hall–Kier alpha value is -1.51. The first-order valence-corrected chi connectivity index (χ1v) is 3.24. The molecule has 0 saturated heterocycles. The minimum atomic E-state index is -1.76. The number of pyridine rings is 1. The lowest BCUT2D eigenvalue weighted by atomic mass is 10.1. The molecule has 0 aliphatic carbocycles. The average molecular weight is 166 g/mol. The quantitative estimate of drug-likeness (QED) is 0.615. The highest BCUT2D eigenvalue weighted by Gasteiger charge is 1.96. The van der Waals surface area contributed by atoms with Crippen molar-refractivity contribution in [3.05, 3.63) is 48.8 Å². The van der Waals surface area contributed by atoms with Crippen LogP contribution in [0.5, 0.6) is 0 Å². The molecule has 1 radical (unpaired) electrons. The number of rotatable bonds is 2. The molecule has 12 heavy (non-hydrogen) atoms. The first kappa shape index (κ1) is 8.59. The zero-order valence-electron chi connectivity index (χ0n) is 6.22. The standard InChI is InChI=1S/C9H6F2N/c1-7(6-9(10)11)8-2-4-12-5-3-8/h2,4-6H,1H2. The van der Waals surface area contributed by atoms with Crippen molar-refractivity contribution in [2.45, 2.75) is 0 Å². The fourth-order valence-corrected chi connectivity index (χ4v) is 0.725. The fourth-order valence-electron chi connectivity index (χ4n) is 0.725. The first-order valence-electron chi connectivity index (χ1n) is 3.24. The molecule has 0 atom stereocenters. The number of hydrogen-bond acceptors (Lipinski definition) is 1. The molecule has 0 aliphatic rings. The zero-order valence-corrected chi connectivity index (χ0v) is 6.22. The number of halogens is 2. The SMILES string of the molecule is C=C(C=C(F)F)c1[c]cncc1. The fraction of sp³-hybridized carbons (Fsp3) is 0. The molecule has 0 aromatic carbocycles. The van der Waals surface area contributed by atoms with Crippen LogP contribution in [0, 0.1) is 6.07 Å². The van der Waals surface area contributed by atoms with Crippen LogP contribution in [0.15, 0.2) is 37.2 Å². The van der Waals surface area contributed by atoms with Gasteiger partial charge in [0.25, 0.3) is 6.08 Å². The summed E-state index contributed by atoms with van der Waals surface area (Å²) in [4.78, 5) is 3.70. The van der Waals surface area contributed by atoms with Crippen LogP contribution < -0.4 is 0 Å². The predicted molar refractivity (Wildman–Crippen MR) is 42.4 cm³/mol. The average Bonchev–Trinajstić information content (AvgIpc) is 2.05. The van der Waals surface area contributed by atoms with E-state index in [-0.39, 0.29) is 5.57 Å². The van der Waals surface area contributed by atoms with Crippen molar-refractivity contribution in [3.63, 3.8) is 0 Å². The summed E-state index contributed by atoms with van der Waals surface area (Å²) in [6.07, 6.45) is 1.85. The van der Waals surface area contributed by atoms with Gasteiger partial charge in [-0.2, -0.15) is 8.78 Å². The Balaban J connectivity index is 2.87. The topological polar surface area (TPSA) is 12.9 Å². The lowest BCUT2D eigenvalue weighted by molar-refractivity contribution is 0.422. The predicted octanol–water partition coefficient (Wildman–Crippen LogP) is 2.68. The van der Waals surface area contributed by atoms with E-state index < -0.39 is 6.08 Å². The molecular formula is C9H6F2N. The van der Waals surface area contributed by atoms with Crippen LogP contribution in [-0.2, 0) is 0 Å². The van der Waals surface area contributed by atoms with Crippen molar-refractivity contribution in [1.82, 2.24) is 4.98 Å². The summed E-state index contributed by atoms with van der Waals surface area (Å²) in [7, 11) is 0. The summed E-state index contributed by atoms with van der Waals surface area (Å²) in [5.41, 5.74) is 0.759. The summed E-state index contributed by atoms with van der Waals surface area (Å²) in [6.45, 7) is 3.45. The van der Waals surface area contributed by atoms with Gasteiger partial charge in [-0.25, -0.2) is 0 Å². The zero-order chi connectivity index (χ0) is 8.97. The lowest BCUT2D eigenvalue weighted by Gasteiger charge is -1.96. The molecule has 1 aromatic rings. The normalized spacial score (nSPS) is 9.17. The minimum absolute atomic E-state index is 0.234. The van der Waals surface area contributed by atoms with E-state index in [0.717, 1.165) is 0 Å². The van der Waals surface area contributed by atoms with Gasteiger partial charge in [0.1, 0.15) is 0 Å². The molecule has 1 aromatic heterocycles. The number of nitrogens with zero attached hydrogens (tertiary/aromatic N) is 1. The molecule has 0 unspecified atom stereocenters. The smallest absolute Gasteiger partial charge is 0.264 e. The van der Waals surface area contributed by atoms with Crippen LogP contribution in [0.1, 0.15) is 5.56 Å². The van der Waals surface area contributed by atoms with Gasteiger partial charge in [0, 0.05) is 24.5 Å². The van der Waals surface area contributed by atoms with Crippen molar-refractivity contribution < 1.29 is 8.78 Å². The van der Waals surface area contributed by atoms with E-state index in [0.29, 0.717) is 11.6 Å². The van der Waals surface area contributed by atoms with E-state index in [4.69, 9.17) is 0 Å². The molecule has 0 N–H and O–H groups in total. The minimum Gasteiger partial charge on any atom is -0.264 e. The summed E-state index contributed by atoms with van der Waals surface area (Å²) in [5.74, 6) is 0. The molecule has 0 saturated carbocycles. The van der Waals surface area contributed by atoms with E-state index in [1.165, 1.54) is 12.4 Å². The second kappa shape index (κ2) is 3.76. The second-order valence-corrected chi connectivity index (χ2v) is 2.11. The van der Waals surface area contributed by atoms with E-state index >= 15 is 0 Å². The monoisotopic (exact) mass is 166 g/mol. The summed E-state index contributed by atoms with van der Waals surface area (Å²) >= 11 is 0. The van der Waals surface area contributed by atoms with Gasteiger partial charge in [0.2, 0.25) is 0 Å². The second-order valence-electron chi connectivity index (χ2n) is 2.11. The van der Waals surface area contributed by atoms with E-state index in [9.17, 15) is 8.78 Å². The third kappa shape index (κ3) is 2.27. The summed E-state index contributed by atoms with van der Waals surface area (Å²) in [6, 6.07) is 4.26. The largest absolute Gasteiger partial charge is 0.270 e. The maximum Gasteiger partial charge on any atom is 0.270 e. The van der Waals surface area contributed by atoms with Gasteiger partial charge >= 0.3 is 0 Å². The molecule has 61 valence electrons. The van der Waals surface area contributed by atoms with Gasteiger partial charge in [-0.05, 0) is 17.2 Å². The molecule has 0 fully saturated rings. The number of aromatic nitrogens is 1. The van der Waals surface area contributed by atoms with Crippen molar-refractivity contribution in [3.8, 4) is 0 Å². The van der Waals surface area contributed by atoms with Crippen LogP contribution in [0.2, 0.25) is 0 Å². The summed E-state index contributed by atoms with van der Waals surface area (Å²) < 4.78 is 23.5. The van der Waals surface area contributed by atoms with Gasteiger partial charge in [-0.1, -0.05) is 6.58 Å². The van der Waals surface area contributed by atoms with Crippen LogP contribution in [0.3, 0.4) is 0 Å². The third-order valence-electron chi connectivity index (χ3n) is 1.25. The molecule has 0 aliphatic heterocycles. The third-order valence-corrected chi connectivity index (χ3v) is 1.25. The molecule has 1 rings (SSSR count). The van der Waals surface area contributed by atoms with Crippen molar-refractivity contribution in [1.29, 1.82) is 0 Å². The van der Waals surface area contributed by atoms with Crippen LogP contribution in [0.4, 0.5) is 8.78 Å². The van der Waals surface area contributed by atoms with Crippen molar-refractivity contribution in [2.75, 3.05) is 0 Å². The summed E-state index contributed by atoms with van der Waals surface area (Å²) in [5, 5.41) is 0. The maximum atomic E-state index is 11.7. The number of hydrogen-bond donors (Lipinski definition) is 0. The Labute approximate surface area is 69.1 Å². The van der Waals surface area contributed by atoms with E-state index in [2.05, 4.69) is 17.6 Å². The van der Waals surface area contributed by atoms with Crippen LogP contribution in [0.25, 0.3) is 5.57 Å². The Morgan fingerprint density at radius 3 is 2.83 bits per heavy atom. The van der Waals surface area contributed by atoms with Gasteiger partial charge in [-0.3, -0.25) is 4.98 Å². The van der Waals surface area contributed by atoms with E-state index in [1.807, 2.05) is 0 Å². The Bertz CT molecular complexity index is 300. The highest BCUT2D eigenvalue weighted by Crippen LogP contribution is 2.14. The van der Waals surface area contributed by atoms with Crippen LogP contribution in [-0.4, -0.2) is 4.98 Å². The maximum absolute atomic E-state index is 11.7. The highest BCUT2D eigenvalue weighted by molar-refractivity contribution is 5.71.